The number of carbonyl (C=O) groups excluding carboxylic acids is 2. The second kappa shape index (κ2) is 56.4. The van der Waals surface area contributed by atoms with Gasteiger partial charge in [0.25, 0.3) is 7.82 Å². The topological polar surface area (TPSA) is 111 Å². The van der Waals surface area contributed by atoms with Crippen molar-refractivity contribution >= 4 is 19.8 Å². The van der Waals surface area contributed by atoms with Crippen molar-refractivity contribution < 1.29 is 42.1 Å². The molecule has 10 heteroatoms. The second-order valence-corrected chi connectivity index (χ2v) is 22.7. The van der Waals surface area contributed by atoms with Crippen molar-refractivity contribution in [3.05, 3.63) is 109 Å². The fourth-order valence-electron chi connectivity index (χ4n) is 8.15. The van der Waals surface area contributed by atoms with Gasteiger partial charge in [0.15, 0.2) is 6.10 Å². The lowest BCUT2D eigenvalue weighted by Gasteiger charge is -2.28. The average molecular weight is 1080 g/mol. The highest BCUT2D eigenvalue weighted by atomic mass is 31.2. The summed E-state index contributed by atoms with van der Waals surface area (Å²) < 4.78 is 34.2. The van der Waals surface area contributed by atoms with Crippen molar-refractivity contribution in [2.45, 2.75) is 251 Å². The van der Waals surface area contributed by atoms with E-state index >= 15 is 0 Å². The number of quaternary nitrogens is 1. The Bertz CT molecular complexity index is 1650. The summed E-state index contributed by atoms with van der Waals surface area (Å²) in [5.74, 6) is -0.850. The minimum Gasteiger partial charge on any atom is -0.756 e. The molecule has 0 N–H and O–H groups in total. The third-order valence-corrected chi connectivity index (χ3v) is 13.8. The van der Waals surface area contributed by atoms with Crippen molar-refractivity contribution in [2.24, 2.45) is 0 Å². The Morgan fingerprint density at radius 1 is 0.408 bits per heavy atom. The largest absolute Gasteiger partial charge is 0.756 e. The van der Waals surface area contributed by atoms with Crippen LogP contribution in [0, 0.1) is 0 Å². The smallest absolute Gasteiger partial charge is 0.306 e. The van der Waals surface area contributed by atoms with E-state index in [1.54, 1.807) is 0 Å². The van der Waals surface area contributed by atoms with Gasteiger partial charge in [-0.3, -0.25) is 14.2 Å². The van der Waals surface area contributed by atoms with E-state index in [4.69, 9.17) is 18.5 Å². The van der Waals surface area contributed by atoms with Crippen LogP contribution in [0.15, 0.2) is 109 Å². The molecule has 0 radical (unpaired) electrons. The second-order valence-electron chi connectivity index (χ2n) is 21.3. The zero-order chi connectivity index (χ0) is 55.6. The summed E-state index contributed by atoms with van der Waals surface area (Å²) in [5, 5.41) is 0. The van der Waals surface area contributed by atoms with Gasteiger partial charge in [0.1, 0.15) is 19.8 Å². The van der Waals surface area contributed by atoms with Crippen LogP contribution in [0.5, 0.6) is 0 Å². The molecule has 0 bridgehead atoms. The number of nitrogens with zero attached hydrogens (tertiary/aromatic N) is 1. The van der Waals surface area contributed by atoms with Crippen LogP contribution in [-0.4, -0.2) is 70.0 Å². The van der Waals surface area contributed by atoms with Crippen LogP contribution < -0.4 is 4.89 Å². The molecule has 0 aliphatic heterocycles. The van der Waals surface area contributed by atoms with E-state index in [9.17, 15) is 19.0 Å². The van der Waals surface area contributed by atoms with Crippen LogP contribution in [0.1, 0.15) is 245 Å². The van der Waals surface area contributed by atoms with Gasteiger partial charge in [-0.1, -0.05) is 245 Å². The lowest BCUT2D eigenvalue weighted by atomic mass is 10.0. The van der Waals surface area contributed by atoms with Gasteiger partial charge in [-0.25, -0.2) is 0 Å². The molecule has 9 nitrogen and oxygen atoms in total. The Hall–Kier alpha value is -3.33. The number of esters is 2. The molecule has 0 aromatic carbocycles. The number of phosphoric ester groups is 1. The lowest BCUT2D eigenvalue weighted by Crippen LogP contribution is -2.37. The maximum absolute atomic E-state index is 12.8. The maximum atomic E-state index is 12.8. The number of ether oxygens (including phenoxy) is 2. The molecule has 2 atom stereocenters. The quantitative estimate of drug-likeness (QED) is 0.0195. The molecule has 0 aliphatic carbocycles. The fourth-order valence-corrected chi connectivity index (χ4v) is 8.87. The molecule has 76 heavy (non-hydrogen) atoms. The summed E-state index contributed by atoms with van der Waals surface area (Å²) >= 11 is 0. The highest BCUT2D eigenvalue weighted by molar-refractivity contribution is 7.45. The normalized spacial score (nSPS) is 14.0. The summed E-state index contributed by atoms with van der Waals surface area (Å²) in [5.41, 5.74) is 0. The van der Waals surface area contributed by atoms with Gasteiger partial charge in [-0.05, 0) is 96.3 Å². The lowest BCUT2D eigenvalue weighted by molar-refractivity contribution is -0.870. The average Bonchev–Trinajstić information content (AvgIpc) is 3.38. The fraction of sp³-hybridized carbons (Fsp3) is 0.697. The standard InChI is InChI=1S/C66H114NO8P/c1-6-8-10-12-14-16-18-20-22-24-26-27-28-29-30-31-32-33-34-35-36-37-38-39-41-43-45-47-49-51-53-55-57-59-66(69)75-64(63-74-76(70,71)73-61-60-67(3,4)5)62-72-65(68)58-56-54-52-50-48-46-44-42-40-25-23-21-19-17-15-13-11-9-7-2/h8-11,14-17,20-23,26-27,29-30,40,42,64H,6-7,12-13,18-19,24-25,28,31-39,41,43-63H2,1-5H3/b10-8-,11-9-,16-14-,17-15-,22-20-,23-21-,27-26-,30-29-,42-40-. The molecule has 2 unspecified atom stereocenters. The molecule has 0 heterocycles. The van der Waals surface area contributed by atoms with E-state index in [1.807, 2.05) is 21.1 Å². The first-order valence-electron chi connectivity index (χ1n) is 30.6. The van der Waals surface area contributed by atoms with Crippen LogP contribution >= 0.6 is 7.82 Å². The van der Waals surface area contributed by atoms with E-state index in [0.717, 1.165) is 116 Å². The summed E-state index contributed by atoms with van der Waals surface area (Å²) in [4.78, 5) is 37.9. The molecule has 0 saturated heterocycles. The molecule has 0 saturated carbocycles. The summed E-state index contributed by atoms with van der Waals surface area (Å²) in [7, 11) is 1.15. The highest BCUT2D eigenvalue weighted by Crippen LogP contribution is 2.38. The van der Waals surface area contributed by atoms with Crippen molar-refractivity contribution in [1.29, 1.82) is 0 Å². The number of carbonyl (C=O) groups is 2. The van der Waals surface area contributed by atoms with E-state index < -0.39 is 32.5 Å². The zero-order valence-electron chi connectivity index (χ0n) is 49.4. The van der Waals surface area contributed by atoms with Gasteiger partial charge in [0, 0.05) is 12.8 Å². The number of allylic oxidation sites excluding steroid dienone is 18. The van der Waals surface area contributed by atoms with Crippen molar-refractivity contribution in [2.75, 3.05) is 47.5 Å². The van der Waals surface area contributed by atoms with Gasteiger partial charge in [0.2, 0.25) is 0 Å². The summed E-state index contributed by atoms with van der Waals surface area (Å²) in [6, 6.07) is 0. The predicted molar refractivity (Wildman–Crippen MR) is 323 cm³/mol. The first-order chi connectivity index (χ1) is 37.0. The zero-order valence-corrected chi connectivity index (χ0v) is 50.3. The molecule has 436 valence electrons. The first kappa shape index (κ1) is 72.7. The van der Waals surface area contributed by atoms with Crippen molar-refractivity contribution in [3.63, 3.8) is 0 Å². The Morgan fingerprint density at radius 3 is 1.05 bits per heavy atom. The molecule has 0 fully saturated rings. The Kier molecular flexibility index (Phi) is 53.9. The Labute approximate surface area is 467 Å². The minimum atomic E-state index is -4.65. The number of rotatable bonds is 55. The van der Waals surface area contributed by atoms with Gasteiger partial charge < -0.3 is 27.9 Å². The van der Waals surface area contributed by atoms with Crippen LogP contribution in [0.2, 0.25) is 0 Å². The summed E-state index contributed by atoms with van der Waals surface area (Å²) in [6.45, 7) is 4.00. The molecule has 0 spiro atoms. The molecular formula is C66H114NO8P. The van der Waals surface area contributed by atoms with Crippen molar-refractivity contribution in [3.8, 4) is 0 Å². The van der Waals surface area contributed by atoms with Crippen molar-refractivity contribution in [1.82, 2.24) is 0 Å². The van der Waals surface area contributed by atoms with Gasteiger partial charge in [0.05, 0.1) is 27.7 Å². The molecule has 0 amide bonds. The SMILES string of the molecule is CC/C=C\C/C=C\C/C=C\C/C=C\C/C=C\CCCCCCCCCCCCCCCCCCCC(=O)OC(COC(=O)CCCCCCCC/C=C\C/C=C\C/C=C\C/C=C\CC)COP(=O)([O-])OCC[N+](C)(C)C. The first-order valence-corrected chi connectivity index (χ1v) is 32.1. The van der Waals surface area contributed by atoms with Crippen LogP contribution in [-0.2, 0) is 32.7 Å². The van der Waals surface area contributed by atoms with E-state index in [-0.39, 0.29) is 26.1 Å². The van der Waals surface area contributed by atoms with Gasteiger partial charge in [-0.2, -0.15) is 0 Å². The van der Waals surface area contributed by atoms with Crippen LogP contribution in [0.3, 0.4) is 0 Å². The molecule has 0 rings (SSSR count). The van der Waals surface area contributed by atoms with E-state index in [2.05, 4.69) is 123 Å². The number of unbranched alkanes of at least 4 members (excludes halogenated alkanes) is 23. The molecular weight excluding hydrogens is 966 g/mol. The molecule has 0 aliphatic rings. The van der Waals surface area contributed by atoms with E-state index in [0.29, 0.717) is 23.9 Å². The third-order valence-electron chi connectivity index (χ3n) is 12.8. The van der Waals surface area contributed by atoms with Crippen LogP contribution in [0.25, 0.3) is 0 Å². The third kappa shape index (κ3) is 59.9. The molecule has 0 aromatic rings. The molecule has 0 aromatic heterocycles. The maximum Gasteiger partial charge on any atom is 0.306 e. The monoisotopic (exact) mass is 1080 g/mol. The number of hydrogen-bond donors (Lipinski definition) is 0. The Balaban J connectivity index is 4.10. The summed E-state index contributed by atoms with van der Waals surface area (Å²) in [6.07, 6.45) is 78.6. The number of likely N-dealkylation sites (N-methyl/N-ethyl adjacent to an activating group) is 1. The van der Waals surface area contributed by atoms with Crippen LogP contribution in [0.4, 0.5) is 0 Å². The number of phosphoric acid groups is 1. The van der Waals surface area contributed by atoms with Gasteiger partial charge >= 0.3 is 11.9 Å². The van der Waals surface area contributed by atoms with E-state index in [1.165, 1.54) is 89.9 Å². The van der Waals surface area contributed by atoms with Gasteiger partial charge in [-0.15, -0.1) is 0 Å². The predicted octanol–water partition coefficient (Wildman–Crippen LogP) is 18.7. The highest BCUT2D eigenvalue weighted by Gasteiger charge is 2.22. The minimum absolute atomic E-state index is 0.0374. The Morgan fingerprint density at radius 2 is 0.711 bits per heavy atom. The number of hydrogen-bond acceptors (Lipinski definition) is 8.